The topological polar surface area (TPSA) is 112 Å². The average Bonchev–Trinajstić information content (AvgIpc) is 3.16. The summed E-state index contributed by atoms with van der Waals surface area (Å²) in [4.78, 5) is 20.4. The summed E-state index contributed by atoms with van der Waals surface area (Å²) in [6.45, 7) is 5.53. The first kappa shape index (κ1) is 18.2. The van der Waals surface area contributed by atoms with Gasteiger partial charge in [0.1, 0.15) is 17.7 Å². The highest BCUT2D eigenvalue weighted by Gasteiger charge is 2.16. The molecule has 3 aromatic heterocycles. The van der Waals surface area contributed by atoms with Gasteiger partial charge in [0, 0.05) is 44.3 Å². The number of quaternary nitrogens is 1. The lowest BCUT2D eigenvalue weighted by atomic mass is 10.1. The molecule has 9 nitrogen and oxygen atoms in total. The average molecular weight is 378 g/mol. The van der Waals surface area contributed by atoms with E-state index in [1.807, 2.05) is 35.2 Å². The Morgan fingerprint density at radius 1 is 1.21 bits per heavy atom. The van der Waals surface area contributed by atoms with Crippen LogP contribution in [0.15, 0.2) is 37.1 Å². The molecule has 0 unspecified atom stereocenters. The molecule has 4 rings (SSSR count). The Morgan fingerprint density at radius 3 is 2.79 bits per heavy atom. The van der Waals surface area contributed by atoms with Crippen molar-refractivity contribution in [3.8, 4) is 11.5 Å². The number of nitrogens with one attached hydrogen (secondary N) is 2. The van der Waals surface area contributed by atoms with Crippen LogP contribution in [0.3, 0.4) is 0 Å². The molecule has 4 N–H and O–H groups in total. The molecule has 0 spiro atoms. The predicted molar refractivity (Wildman–Crippen MR) is 108 cm³/mol. The zero-order chi connectivity index (χ0) is 19.5. The van der Waals surface area contributed by atoms with Crippen LogP contribution in [0.25, 0.3) is 22.7 Å². The summed E-state index contributed by atoms with van der Waals surface area (Å²) < 4.78 is 1.94. The Labute approximate surface area is 163 Å². The van der Waals surface area contributed by atoms with E-state index >= 15 is 0 Å². The maximum atomic E-state index is 8.03. The van der Waals surface area contributed by atoms with Gasteiger partial charge in [-0.05, 0) is 13.0 Å². The van der Waals surface area contributed by atoms with Crippen molar-refractivity contribution in [1.82, 2.24) is 29.7 Å². The monoisotopic (exact) mass is 378 g/mol. The molecule has 1 aliphatic rings. The number of fused-ring (bicyclic) bond motifs is 1. The van der Waals surface area contributed by atoms with E-state index in [2.05, 4.69) is 25.2 Å². The van der Waals surface area contributed by atoms with Gasteiger partial charge in [0.05, 0.1) is 30.7 Å². The SMILES string of the molecule is C[NH2+]/C=C(\C(C)=N)c1cn2c(-c3nccc(N4CCNCC4)n3)cnc2cn1. The predicted octanol–water partition coefficient (Wildman–Crippen LogP) is 0.170. The minimum atomic E-state index is 0.462. The highest BCUT2D eigenvalue weighted by Crippen LogP contribution is 2.21. The van der Waals surface area contributed by atoms with Crippen molar-refractivity contribution in [3.63, 3.8) is 0 Å². The van der Waals surface area contributed by atoms with E-state index in [9.17, 15) is 0 Å². The van der Waals surface area contributed by atoms with E-state index in [-0.39, 0.29) is 0 Å². The lowest BCUT2D eigenvalue weighted by Crippen LogP contribution is -2.73. The van der Waals surface area contributed by atoms with Crippen molar-refractivity contribution >= 4 is 22.7 Å². The molecule has 1 aliphatic heterocycles. The normalized spacial score (nSPS) is 15.2. The molecular formula is C19H24N9+. The Kier molecular flexibility index (Phi) is 5.09. The van der Waals surface area contributed by atoms with Gasteiger partial charge >= 0.3 is 0 Å². The van der Waals surface area contributed by atoms with Crippen LogP contribution >= 0.6 is 0 Å². The fourth-order valence-corrected chi connectivity index (χ4v) is 3.31. The third-order valence-corrected chi connectivity index (χ3v) is 4.72. The van der Waals surface area contributed by atoms with Crippen LogP contribution < -0.4 is 15.5 Å². The van der Waals surface area contributed by atoms with Crippen molar-refractivity contribution in [3.05, 3.63) is 42.7 Å². The van der Waals surface area contributed by atoms with Crippen LogP contribution in [0.5, 0.6) is 0 Å². The standard InChI is InChI=1S/C19H23N9/c1-13(20)14(9-21-2)15-12-28-16(10-25-18(28)11-24-15)19-23-4-3-17(26-19)27-7-5-22-6-8-27/h3-4,9-12,20-22H,5-8H2,1-2H3/p+1/b14-9+,20-13?. The molecular weight excluding hydrogens is 354 g/mol. The number of imidazole rings is 1. The second-order valence-electron chi connectivity index (χ2n) is 6.66. The van der Waals surface area contributed by atoms with E-state index in [4.69, 9.17) is 10.4 Å². The minimum Gasteiger partial charge on any atom is -0.354 e. The van der Waals surface area contributed by atoms with Crippen molar-refractivity contribution in [2.24, 2.45) is 0 Å². The first-order valence-electron chi connectivity index (χ1n) is 9.35. The van der Waals surface area contributed by atoms with Gasteiger partial charge in [-0.15, -0.1) is 0 Å². The fraction of sp³-hybridized carbons (Fsp3) is 0.316. The maximum Gasteiger partial charge on any atom is 0.180 e. The summed E-state index contributed by atoms with van der Waals surface area (Å²) >= 11 is 0. The molecule has 9 heteroatoms. The zero-order valence-corrected chi connectivity index (χ0v) is 16.1. The maximum absolute atomic E-state index is 8.03. The largest absolute Gasteiger partial charge is 0.354 e. The number of anilines is 1. The summed E-state index contributed by atoms with van der Waals surface area (Å²) in [5.74, 6) is 1.55. The first-order valence-corrected chi connectivity index (χ1v) is 9.35. The van der Waals surface area contributed by atoms with Crippen LogP contribution in [-0.2, 0) is 0 Å². The molecule has 1 fully saturated rings. The van der Waals surface area contributed by atoms with Gasteiger partial charge in [-0.25, -0.2) is 15.0 Å². The lowest BCUT2D eigenvalue weighted by molar-refractivity contribution is -0.555. The van der Waals surface area contributed by atoms with Gasteiger partial charge in [0.25, 0.3) is 0 Å². The summed E-state index contributed by atoms with van der Waals surface area (Å²) in [6.07, 6.45) is 9.07. The molecule has 1 saturated heterocycles. The molecule has 0 radical (unpaired) electrons. The number of piperazine rings is 1. The summed E-state index contributed by atoms with van der Waals surface area (Å²) in [6, 6.07) is 1.95. The second kappa shape index (κ2) is 7.83. The van der Waals surface area contributed by atoms with E-state index in [0.717, 1.165) is 54.6 Å². The van der Waals surface area contributed by atoms with Crippen molar-refractivity contribution < 1.29 is 5.32 Å². The summed E-state index contributed by atoms with van der Waals surface area (Å²) in [7, 11) is 1.93. The molecule has 0 atom stereocenters. The van der Waals surface area contributed by atoms with Crippen LogP contribution in [0.4, 0.5) is 5.82 Å². The fourth-order valence-electron chi connectivity index (χ4n) is 3.31. The number of nitrogens with two attached hydrogens (primary N) is 1. The number of aromatic nitrogens is 5. The highest BCUT2D eigenvalue weighted by molar-refractivity contribution is 6.20. The molecule has 0 bridgehead atoms. The van der Waals surface area contributed by atoms with Crippen LogP contribution in [0.1, 0.15) is 12.6 Å². The first-order chi connectivity index (χ1) is 13.7. The zero-order valence-electron chi connectivity index (χ0n) is 16.1. The van der Waals surface area contributed by atoms with Crippen LogP contribution in [-0.4, -0.2) is 63.3 Å². The van der Waals surface area contributed by atoms with Crippen LogP contribution in [0, 0.1) is 5.41 Å². The molecule has 4 heterocycles. The lowest BCUT2D eigenvalue weighted by Gasteiger charge is -2.28. The van der Waals surface area contributed by atoms with E-state index < -0.39 is 0 Å². The minimum absolute atomic E-state index is 0.462. The van der Waals surface area contributed by atoms with Gasteiger partial charge in [-0.1, -0.05) is 0 Å². The molecule has 0 amide bonds. The summed E-state index contributed by atoms with van der Waals surface area (Å²) in [5, 5.41) is 13.3. The molecule has 0 saturated carbocycles. The third kappa shape index (κ3) is 3.49. The van der Waals surface area contributed by atoms with Crippen molar-refractivity contribution in [1.29, 1.82) is 5.41 Å². The smallest absolute Gasteiger partial charge is 0.180 e. The van der Waals surface area contributed by atoms with Gasteiger partial charge in [0.2, 0.25) is 0 Å². The van der Waals surface area contributed by atoms with E-state index in [1.165, 1.54) is 0 Å². The Morgan fingerprint density at radius 2 is 2.04 bits per heavy atom. The molecule has 144 valence electrons. The van der Waals surface area contributed by atoms with Crippen molar-refractivity contribution in [2.45, 2.75) is 6.92 Å². The van der Waals surface area contributed by atoms with Gasteiger partial charge in [-0.2, -0.15) is 0 Å². The van der Waals surface area contributed by atoms with Gasteiger partial charge < -0.3 is 20.9 Å². The number of hydrogen-bond acceptors (Lipinski definition) is 7. The molecule has 3 aromatic rings. The van der Waals surface area contributed by atoms with E-state index in [0.29, 0.717) is 11.5 Å². The molecule has 0 aliphatic carbocycles. The van der Waals surface area contributed by atoms with Gasteiger partial charge in [0.15, 0.2) is 11.5 Å². The quantitative estimate of drug-likeness (QED) is 0.546. The van der Waals surface area contributed by atoms with E-state index in [1.54, 1.807) is 25.5 Å². The highest BCUT2D eigenvalue weighted by atomic mass is 15.2. The van der Waals surface area contributed by atoms with Gasteiger partial charge in [-0.3, -0.25) is 9.38 Å². The van der Waals surface area contributed by atoms with Crippen molar-refractivity contribution in [2.75, 3.05) is 38.1 Å². The van der Waals surface area contributed by atoms with Crippen LogP contribution in [0.2, 0.25) is 0 Å². The number of allylic oxidation sites excluding steroid dienone is 1. The Balaban J connectivity index is 1.76. The third-order valence-electron chi connectivity index (χ3n) is 4.72. The number of rotatable bonds is 5. The second-order valence-corrected chi connectivity index (χ2v) is 6.66. The number of hydrogen-bond donors (Lipinski definition) is 3. The molecule has 28 heavy (non-hydrogen) atoms. The summed E-state index contributed by atoms with van der Waals surface area (Å²) in [5.41, 5.74) is 3.48. The number of nitrogens with zero attached hydrogens (tertiary/aromatic N) is 6. The Bertz CT molecular complexity index is 1030. The Hall–Kier alpha value is -3.17. The molecule has 0 aromatic carbocycles.